The zero-order chi connectivity index (χ0) is 17.1. The summed E-state index contributed by atoms with van der Waals surface area (Å²) in [5.74, 6) is 1.85. The Labute approximate surface area is 143 Å². The molecule has 0 aliphatic heterocycles. The Morgan fingerprint density at radius 1 is 1.38 bits per heavy atom. The number of hydrogen-bond donors (Lipinski definition) is 1. The van der Waals surface area contributed by atoms with E-state index in [0.29, 0.717) is 30.4 Å². The second kappa shape index (κ2) is 7.20. The van der Waals surface area contributed by atoms with E-state index in [-0.39, 0.29) is 5.92 Å². The van der Waals surface area contributed by atoms with Crippen molar-refractivity contribution < 1.29 is 9.53 Å². The van der Waals surface area contributed by atoms with Gasteiger partial charge < -0.3 is 10.5 Å². The molecular weight excluding hydrogens is 300 g/mol. The van der Waals surface area contributed by atoms with Crippen LogP contribution in [0.3, 0.4) is 0 Å². The van der Waals surface area contributed by atoms with Gasteiger partial charge in [-0.3, -0.25) is 9.78 Å². The minimum absolute atomic E-state index is 0.222. The molecule has 24 heavy (non-hydrogen) atoms. The number of carbonyl (C=O) groups excluding carboxylic acids is 1. The van der Waals surface area contributed by atoms with Crippen molar-refractivity contribution in [3.8, 4) is 5.75 Å². The Morgan fingerprint density at radius 2 is 2.21 bits per heavy atom. The molecule has 2 N–H and O–H groups in total. The lowest BCUT2D eigenvalue weighted by Gasteiger charge is -2.28. The first-order chi connectivity index (χ1) is 11.6. The highest BCUT2D eigenvalue weighted by Crippen LogP contribution is 2.33. The number of ketones is 1. The highest BCUT2D eigenvalue weighted by molar-refractivity contribution is 5.95. The van der Waals surface area contributed by atoms with Crippen LogP contribution in [0.25, 0.3) is 10.9 Å². The second-order valence-electron chi connectivity index (χ2n) is 6.86. The van der Waals surface area contributed by atoms with Crippen LogP contribution in [0, 0.1) is 18.8 Å². The Kier molecular flexibility index (Phi) is 5.03. The summed E-state index contributed by atoms with van der Waals surface area (Å²) in [5.41, 5.74) is 8.66. The standard InChI is InChI=1S/C20H26N2O2/c1-3-18(23)15-7-4-6-14(11-15)12-24-19-9-5-8-17-20(19)16(21)10-13(2)22-17/h5,8-10,14-15H,3-4,6-7,11-12H2,1-2H3,(H2,21,22). The van der Waals surface area contributed by atoms with Crippen molar-refractivity contribution in [2.45, 2.75) is 46.0 Å². The van der Waals surface area contributed by atoms with Gasteiger partial charge in [-0.05, 0) is 50.3 Å². The zero-order valence-corrected chi connectivity index (χ0v) is 14.5. The maximum absolute atomic E-state index is 12.0. The topological polar surface area (TPSA) is 65.2 Å². The molecule has 0 saturated heterocycles. The third kappa shape index (κ3) is 3.53. The van der Waals surface area contributed by atoms with Crippen LogP contribution in [-0.2, 0) is 4.79 Å². The number of aromatic nitrogens is 1. The molecule has 1 saturated carbocycles. The maximum atomic E-state index is 12.0. The highest BCUT2D eigenvalue weighted by atomic mass is 16.5. The van der Waals surface area contributed by atoms with Gasteiger partial charge in [0.25, 0.3) is 0 Å². The van der Waals surface area contributed by atoms with Gasteiger partial charge in [-0.2, -0.15) is 0 Å². The molecule has 3 rings (SSSR count). The van der Waals surface area contributed by atoms with Gasteiger partial charge in [-0.25, -0.2) is 0 Å². The van der Waals surface area contributed by atoms with Crippen LogP contribution < -0.4 is 10.5 Å². The van der Waals surface area contributed by atoms with Gasteiger partial charge >= 0.3 is 0 Å². The van der Waals surface area contributed by atoms with Gasteiger partial charge in [0, 0.05) is 23.7 Å². The molecule has 1 aromatic heterocycles. The quantitative estimate of drug-likeness (QED) is 0.890. The van der Waals surface area contributed by atoms with E-state index in [1.54, 1.807) is 0 Å². The Balaban J connectivity index is 1.73. The lowest BCUT2D eigenvalue weighted by molar-refractivity contribution is -0.124. The van der Waals surface area contributed by atoms with Gasteiger partial charge in [0.05, 0.1) is 17.5 Å². The van der Waals surface area contributed by atoms with Crippen LogP contribution >= 0.6 is 0 Å². The molecule has 4 heteroatoms. The number of nitrogen functional groups attached to an aromatic ring is 1. The molecule has 1 aromatic carbocycles. The maximum Gasteiger partial charge on any atom is 0.135 e. The fraction of sp³-hybridized carbons (Fsp3) is 0.500. The van der Waals surface area contributed by atoms with E-state index in [1.165, 1.54) is 0 Å². The monoisotopic (exact) mass is 326 g/mol. The molecule has 1 aliphatic carbocycles. The smallest absolute Gasteiger partial charge is 0.135 e. The molecule has 0 bridgehead atoms. The van der Waals surface area contributed by atoms with Crippen LogP contribution in [0.2, 0.25) is 0 Å². The third-order valence-corrected chi connectivity index (χ3v) is 5.02. The number of pyridine rings is 1. The minimum Gasteiger partial charge on any atom is -0.493 e. The SMILES string of the molecule is CCC(=O)C1CCCC(COc2cccc3nc(C)cc(N)c23)C1. The van der Waals surface area contributed by atoms with E-state index < -0.39 is 0 Å². The van der Waals surface area contributed by atoms with Crippen molar-refractivity contribution in [2.75, 3.05) is 12.3 Å². The number of anilines is 1. The number of fused-ring (bicyclic) bond motifs is 1. The molecule has 4 nitrogen and oxygen atoms in total. The van der Waals surface area contributed by atoms with E-state index in [1.807, 2.05) is 38.1 Å². The third-order valence-electron chi connectivity index (χ3n) is 5.02. The van der Waals surface area contributed by atoms with Crippen LogP contribution in [0.4, 0.5) is 5.69 Å². The lowest BCUT2D eigenvalue weighted by Crippen LogP contribution is -2.26. The molecule has 0 spiro atoms. The Bertz CT molecular complexity index is 742. The summed E-state index contributed by atoms with van der Waals surface area (Å²) >= 11 is 0. The largest absolute Gasteiger partial charge is 0.493 e. The summed E-state index contributed by atoms with van der Waals surface area (Å²) in [6.45, 7) is 4.53. The number of carbonyl (C=O) groups is 1. The first-order valence-electron chi connectivity index (χ1n) is 8.89. The first kappa shape index (κ1) is 16.7. The molecule has 1 heterocycles. The summed E-state index contributed by atoms with van der Waals surface area (Å²) in [6, 6.07) is 7.74. The van der Waals surface area contributed by atoms with E-state index in [2.05, 4.69) is 4.98 Å². The molecule has 0 radical (unpaired) electrons. The zero-order valence-electron chi connectivity index (χ0n) is 14.5. The van der Waals surface area contributed by atoms with Crippen LogP contribution in [-0.4, -0.2) is 17.4 Å². The molecule has 0 amide bonds. The van der Waals surface area contributed by atoms with Gasteiger partial charge in [-0.1, -0.05) is 19.4 Å². The van der Waals surface area contributed by atoms with Crippen molar-refractivity contribution in [3.05, 3.63) is 30.0 Å². The van der Waals surface area contributed by atoms with Gasteiger partial charge in [-0.15, -0.1) is 0 Å². The minimum atomic E-state index is 0.222. The number of nitrogens with zero attached hydrogens (tertiary/aromatic N) is 1. The summed E-state index contributed by atoms with van der Waals surface area (Å²) in [4.78, 5) is 16.5. The number of ether oxygens (including phenoxy) is 1. The van der Waals surface area contributed by atoms with Crippen molar-refractivity contribution in [2.24, 2.45) is 11.8 Å². The van der Waals surface area contributed by atoms with Crippen LogP contribution in [0.15, 0.2) is 24.3 Å². The number of nitrogens with two attached hydrogens (primary N) is 1. The molecule has 1 fully saturated rings. The van der Waals surface area contributed by atoms with Crippen LogP contribution in [0.1, 0.15) is 44.7 Å². The van der Waals surface area contributed by atoms with Crippen molar-refractivity contribution in [3.63, 3.8) is 0 Å². The Morgan fingerprint density at radius 3 is 3.00 bits per heavy atom. The van der Waals surface area contributed by atoms with Crippen molar-refractivity contribution in [1.82, 2.24) is 4.98 Å². The van der Waals surface area contributed by atoms with Crippen molar-refractivity contribution >= 4 is 22.4 Å². The van der Waals surface area contributed by atoms with E-state index in [4.69, 9.17) is 10.5 Å². The second-order valence-corrected chi connectivity index (χ2v) is 6.86. The summed E-state index contributed by atoms with van der Waals surface area (Å²) in [5, 5.41) is 0.889. The molecule has 2 atom stereocenters. The molecule has 1 aliphatic rings. The number of Topliss-reactive ketones (excluding diaryl/α,β-unsaturated/α-hetero) is 1. The predicted octanol–water partition coefficient (Wildman–Crippen LogP) is 4.29. The number of rotatable bonds is 5. The molecule has 2 unspecified atom stereocenters. The van der Waals surface area contributed by atoms with E-state index in [9.17, 15) is 4.79 Å². The average molecular weight is 326 g/mol. The number of benzene rings is 1. The van der Waals surface area contributed by atoms with Crippen LogP contribution in [0.5, 0.6) is 5.75 Å². The molecular formula is C20H26N2O2. The normalized spacial score (nSPS) is 20.9. The molecule has 2 aromatic rings. The van der Waals surface area contributed by atoms with E-state index in [0.717, 1.165) is 48.0 Å². The van der Waals surface area contributed by atoms with Gasteiger partial charge in [0.2, 0.25) is 0 Å². The number of hydrogen-bond acceptors (Lipinski definition) is 4. The summed E-state index contributed by atoms with van der Waals surface area (Å²) in [7, 11) is 0. The highest BCUT2D eigenvalue weighted by Gasteiger charge is 2.26. The Hall–Kier alpha value is -2.10. The number of aryl methyl sites for hydroxylation is 1. The van der Waals surface area contributed by atoms with Gasteiger partial charge in [0.15, 0.2) is 0 Å². The fourth-order valence-electron chi connectivity index (χ4n) is 3.77. The lowest BCUT2D eigenvalue weighted by atomic mass is 9.79. The average Bonchev–Trinajstić information content (AvgIpc) is 2.59. The van der Waals surface area contributed by atoms with Gasteiger partial charge in [0.1, 0.15) is 11.5 Å². The molecule has 128 valence electrons. The summed E-state index contributed by atoms with van der Waals surface area (Å²) < 4.78 is 6.11. The van der Waals surface area contributed by atoms with E-state index >= 15 is 0 Å². The first-order valence-corrected chi connectivity index (χ1v) is 8.89. The summed E-state index contributed by atoms with van der Waals surface area (Å²) in [6.07, 6.45) is 4.87. The fourth-order valence-corrected chi connectivity index (χ4v) is 3.77. The predicted molar refractivity (Wildman–Crippen MR) is 97.1 cm³/mol. The van der Waals surface area contributed by atoms with Crippen molar-refractivity contribution in [1.29, 1.82) is 0 Å².